The van der Waals surface area contributed by atoms with E-state index < -0.39 is 0 Å². The Morgan fingerprint density at radius 2 is 2.14 bits per heavy atom. The van der Waals surface area contributed by atoms with Crippen LogP contribution in [0.4, 0.5) is 0 Å². The van der Waals surface area contributed by atoms with Crippen LogP contribution in [0.1, 0.15) is 37.8 Å². The average Bonchev–Trinajstić information content (AvgIpc) is 2.12. The summed E-state index contributed by atoms with van der Waals surface area (Å²) in [6.45, 7) is 2.17. The maximum Gasteiger partial charge on any atom is 0.0420 e. The van der Waals surface area contributed by atoms with Crippen LogP contribution in [0.5, 0.6) is 0 Å². The molecule has 0 aliphatic rings. The fraction of sp³-hybridized carbons (Fsp3) is 0.455. The van der Waals surface area contributed by atoms with Gasteiger partial charge in [0.15, 0.2) is 0 Å². The average molecular weight is 277 g/mol. The van der Waals surface area contributed by atoms with E-state index in [1.54, 1.807) is 0 Å². The number of hydrogen-bond acceptors (Lipinski definition) is 1. The minimum atomic E-state index is 0.102. The van der Waals surface area contributed by atoms with Crippen LogP contribution in [0.15, 0.2) is 22.7 Å². The zero-order valence-corrected chi connectivity index (χ0v) is 10.6. The topological polar surface area (TPSA) is 26.0 Å². The highest BCUT2D eigenvalue weighted by molar-refractivity contribution is 9.10. The van der Waals surface area contributed by atoms with E-state index in [9.17, 15) is 0 Å². The normalized spacial score (nSPS) is 12.9. The zero-order chi connectivity index (χ0) is 10.6. The molecular weight excluding hydrogens is 261 g/mol. The van der Waals surface area contributed by atoms with Crippen molar-refractivity contribution in [3.05, 3.63) is 33.3 Å². The van der Waals surface area contributed by atoms with E-state index in [2.05, 4.69) is 22.9 Å². The van der Waals surface area contributed by atoms with Gasteiger partial charge in [0.25, 0.3) is 0 Å². The minimum Gasteiger partial charge on any atom is -0.324 e. The first-order valence-electron chi connectivity index (χ1n) is 4.85. The molecule has 0 aromatic heterocycles. The maximum atomic E-state index is 6.04. The highest BCUT2D eigenvalue weighted by atomic mass is 79.9. The van der Waals surface area contributed by atoms with Crippen molar-refractivity contribution in [1.82, 2.24) is 0 Å². The molecule has 0 aliphatic carbocycles. The third-order valence-electron chi connectivity index (χ3n) is 2.18. The van der Waals surface area contributed by atoms with E-state index in [0.717, 1.165) is 27.9 Å². The molecule has 1 rings (SSSR count). The Morgan fingerprint density at radius 1 is 1.43 bits per heavy atom. The molecule has 0 saturated heterocycles. The van der Waals surface area contributed by atoms with Crippen LogP contribution in [0.25, 0.3) is 0 Å². The van der Waals surface area contributed by atoms with Gasteiger partial charge in [0.1, 0.15) is 0 Å². The molecule has 0 heterocycles. The summed E-state index contributed by atoms with van der Waals surface area (Å²) in [5, 5.41) is 0.737. The second-order valence-corrected chi connectivity index (χ2v) is 4.80. The summed E-state index contributed by atoms with van der Waals surface area (Å²) in [5.41, 5.74) is 7.15. The minimum absolute atomic E-state index is 0.102. The largest absolute Gasteiger partial charge is 0.324 e. The first-order chi connectivity index (χ1) is 6.63. The van der Waals surface area contributed by atoms with Crippen molar-refractivity contribution < 1.29 is 0 Å². The Bertz CT molecular complexity index is 281. The molecule has 0 spiro atoms. The molecular formula is C11H15BrClN. The van der Waals surface area contributed by atoms with Gasteiger partial charge < -0.3 is 5.73 Å². The smallest absolute Gasteiger partial charge is 0.0420 e. The van der Waals surface area contributed by atoms with E-state index in [0.29, 0.717) is 0 Å². The Hall–Kier alpha value is -0.0500. The van der Waals surface area contributed by atoms with Crippen molar-refractivity contribution in [2.45, 2.75) is 32.2 Å². The first-order valence-corrected chi connectivity index (χ1v) is 6.02. The van der Waals surface area contributed by atoms with Crippen LogP contribution in [0.3, 0.4) is 0 Å². The van der Waals surface area contributed by atoms with Gasteiger partial charge in [-0.1, -0.05) is 47.3 Å². The second kappa shape index (κ2) is 5.74. The van der Waals surface area contributed by atoms with Gasteiger partial charge in [0, 0.05) is 15.5 Å². The predicted octanol–water partition coefficient (Wildman–Crippen LogP) is 4.29. The monoisotopic (exact) mass is 275 g/mol. The number of unbranched alkanes of at least 4 members (excludes halogenated alkanes) is 1. The first kappa shape index (κ1) is 12.0. The molecule has 0 amide bonds. The summed E-state index contributed by atoms with van der Waals surface area (Å²) in [4.78, 5) is 0. The molecule has 1 aromatic rings. The standard InChI is InChI=1S/C11H15BrClN/c1-2-3-4-11(14)8-5-9(12)7-10(13)6-8/h5-7,11H,2-4,14H2,1H3/t11-/m1/s1. The van der Waals surface area contributed by atoms with E-state index in [4.69, 9.17) is 17.3 Å². The lowest BCUT2D eigenvalue weighted by molar-refractivity contribution is 0.603. The van der Waals surface area contributed by atoms with Crippen molar-refractivity contribution in [2.75, 3.05) is 0 Å². The van der Waals surface area contributed by atoms with Crippen LogP contribution in [0, 0.1) is 0 Å². The Balaban J connectivity index is 2.73. The number of halogens is 2. The Kier molecular flexibility index (Phi) is 4.93. The van der Waals surface area contributed by atoms with Gasteiger partial charge in [-0.2, -0.15) is 0 Å². The summed E-state index contributed by atoms with van der Waals surface area (Å²) in [7, 11) is 0. The summed E-state index contributed by atoms with van der Waals surface area (Å²) in [5.74, 6) is 0. The van der Waals surface area contributed by atoms with Crippen molar-refractivity contribution in [2.24, 2.45) is 5.73 Å². The molecule has 0 fully saturated rings. The van der Waals surface area contributed by atoms with Gasteiger partial charge in [-0.15, -0.1) is 0 Å². The second-order valence-electron chi connectivity index (χ2n) is 3.45. The molecule has 78 valence electrons. The lowest BCUT2D eigenvalue weighted by Crippen LogP contribution is -2.09. The van der Waals surface area contributed by atoms with E-state index in [1.165, 1.54) is 6.42 Å². The lowest BCUT2D eigenvalue weighted by atomic mass is 10.0. The quantitative estimate of drug-likeness (QED) is 0.872. The summed E-state index contributed by atoms with van der Waals surface area (Å²) < 4.78 is 0.993. The molecule has 0 saturated carbocycles. The third-order valence-corrected chi connectivity index (χ3v) is 2.86. The van der Waals surface area contributed by atoms with Crippen molar-refractivity contribution in [3.8, 4) is 0 Å². The molecule has 0 bridgehead atoms. The molecule has 0 unspecified atom stereocenters. The van der Waals surface area contributed by atoms with Gasteiger partial charge in [-0.05, 0) is 30.2 Å². The van der Waals surface area contributed by atoms with Crippen molar-refractivity contribution >= 4 is 27.5 Å². The summed E-state index contributed by atoms with van der Waals surface area (Å²) in [6.07, 6.45) is 3.35. The molecule has 1 atom stereocenters. The maximum absolute atomic E-state index is 6.04. The summed E-state index contributed by atoms with van der Waals surface area (Å²) >= 11 is 9.35. The van der Waals surface area contributed by atoms with E-state index in [1.807, 2.05) is 18.2 Å². The highest BCUT2D eigenvalue weighted by Gasteiger charge is 2.06. The Labute approximate surface area is 98.8 Å². The molecule has 14 heavy (non-hydrogen) atoms. The van der Waals surface area contributed by atoms with E-state index in [-0.39, 0.29) is 6.04 Å². The van der Waals surface area contributed by atoms with Gasteiger partial charge in [0.05, 0.1) is 0 Å². The fourth-order valence-electron chi connectivity index (χ4n) is 1.38. The SMILES string of the molecule is CCCC[C@@H](N)c1cc(Cl)cc(Br)c1. The van der Waals surface area contributed by atoms with Crippen LogP contribution in [-0.2, 0) is 0 Å². The van der Waals surface area contributed by atoms with Crippen LogP contribution in [0.2, 0.25) is 5.02 Å². The van der Waals surface area contributed by atoms with Crippen LogP contribution in [-0.4, -0.2) is 0 Å². The molecule has 1 nitrogen and oxygen atoms in total. The Morgan fingerprint density at radius 3 is 2.71 bits per heavy atom. The fourth-order valence-corrected chi connectivity index (χ4v) is 2.27. The van der Waals surface area contributed by atoms with E-state index >= 15 is 0 Å². The van der Waals surface area contributed by atoms with Crippen LogP contribution < -0.4 is 5.73 Å². The number of nitrogens with two attached hydrogens (primary N) is 1. The molecule has 0 radical (unpaired) electrons. The van der Waals surface area contributed by atoms with Gasteiger partial charge in [0.2, 0.25) is 0 Å². The van der Waals surface area contributed by atoms with Gasteiger partial charge in [-0.25, -0.2) is 0 Å². The zero-order valence-electron chi connectivity index (χ0n) is 8.26. The number of rotatable bonds is 4. The molecule has 0 aliphatic heterocycles. The summed E-state index contributed by atoms with van der Waals surface area (Å²) in [6, 6.07) is 5.95. The molecule has 2 N–H and O–H groups in total. The van der Waals surface area contributed by atoms with Gasteiger partial charge in [-0.3, -0.25) is 0 Å². The lowest BCUT2D eigenvalue weighted by Gasteiger charge is -2.12. The number of hydrogen-bond donors (Lipinski definition) is 1. The number of benzene rings is 1. The van der Waals surface area contributed by atoms with Crippen LogP contribution >= 0.6 is 27.5 Å². The van der Waals surface area contributed by atoms with Gasteiger partial charge >= 0.3 is 0 Å². The van der Waals surface area contributed by atoms with Crippen molar-refractivity contribution in [3.63, 3.8) is 0 Å². The molecule has 1 aromatic carbocycles. The predicted molar refractivity (Wildman–Crippen MR) is 65.6 cm³/mol. The molecule has 3 heteroatoms. The highest BCUT2D eigenvalue weighted by Crippen LogP contribution is 2.25. The van der Waals surface area contributed by atoms with Crippen molar-refractivity contribution in [1.29, 1.82) is 0 Å². The third kappa shape index (κ3) is 3.60.